The number of nitrogens with one attached hydrogen (secondary N) is 2. The van der Waals surface area contributed by atoms with Crippen LogP contribution in [0.5, 0.6) is 5.75 Å². The molecule has 2 aromatic heterocycles. The molecule has 1 atom stereocenters. The van der Waals surface area contributed by atoms with Crippen LogP contribution in [0.25, 0.3) is 10.9 Å². The lowest BCUT2D eigenvalue weighted by molar-refractivity contribution is -0.00185. The van der Waals surface area contributed by atoms with Crippen molar-refractivity contribution in [2.75, 3.05) is 38.3 Å². The van der Waals surface area contributed by atoms with Crippen LogP contribution in [0.15, 0.2) is 24.4 Å². The Morgan fingerprint density at radius 2 is 2.12 bits per heavy atom. The molecule has 1 aromatic carbocycles. The Morgan fingerprint density at radius 3 is 2.88 bits per heavy atom. The monoisotopic (exact) mass is 457 g/mol. The highest BCUT2D eigenvalue weighted by Crippen LogP contribution is 2.44. The van der Waals surface area contributed by atoms with Crippen molar-refractivity contribution in [2.24, 2.45) is 0 Å². The third kappa shape index (κ3) is 3.68. The molecule has 0 saturated carbocycles. The van der Waals surface area contributed by atoms with Gasteiger partial charge < -0.3 is 19.7 Å². The van der Waals surface area contributed by atoms with Crippen molar-refractivity contribution in [2.45, 2.75) is 31.7 Å². The average molecular weight is 457 g/mol. The molecular formula is C23H25F2N5O3. The Hall–Kier alpha value is -3.27. The van der Waals surface area contributed by atoms with Crippen molar-refractivity contribution < 1.29 is 23.0 Å². The fourth-order valence-corrected chi connectivity index (χ4v) is 4.72. The highest BCUT2D eigenvalue weighted by atomic mass is 19.3. The highest BCUT2D eigenvalue weighted by molar-refractivity contribution is 6.06. The van der Waals surface area contributed by atoms with Crippen LogP contribution in [0.1, 0.15) is 46.6 Å². The quantitative estimate of drug-likeness (QED) is 0.611. The van der Waals surface area contributed by atoms with E-state index in [9.17, 15) is 13.6 Å². The summed E-state index contributed by atoms with van der Waals surface area (Å²) in [6, 6.07) is 4.40. The van der Waals surface area contributed by atoms with Crippen molar-refractivity contribution in [3.8, 4) is 5.75 Å². The molecule has 0 spiro atoms. The molecule has 2 aliphatic rings. The molecule has 1 fully saturated rings. The first-order chi connectivity index (χ1) is 15.9. The van der Waals surface area contributed by atoms with E-state index in [2.05, 4.69) is 20.5 Å². The first-order valence-electron chi connectivity index (χ1n) is 11.0. The van der Waals surface area contributed by atoms with Crippen LogP contribution in [-0.2, 0) is 17.1 Å². The Labute approximate surface area is 189 Å². The van der Waals surface area contributed by atoms with E-state index in [4.69, 9.17) is 9.47 Å². The maximum absolute atomic E-state index is 14.2. The second kappa shape index (κ2) is 8.26. The fraction of sp³-hybridized carbons (Fsp3) is 0.435. The van der Waals surface area contributed by atoms with Gasteiger partial charge in [0.05, 0.1) is 37.9 Å². The summed E-state index contributed by atoms with van der Waals surface area (Å²) >= 11 is 0. The molecular weight excluding hydrogens is 432 g/mol. The Bertz CT molecular complexity index is 1210. The average Bonchev–Trinajstić information content (AvgIpc) is 3.43. The second-order valence-electron chi connectivity index (χ2n) is 8.35. The number of carbonyl (C=O) groups excluding carboxylic acids is 1. The molecule has 1 aliphatic heterocycles. The molecule has 5 rings (SSSR count). The second-order valence-corrected chi connectivity index (χ2v) is 8.35. The van der Waals surface area contributed by atoms with Gasteiger partial charge in [0, 0.05) is 25.1 Å². The number of anilines is 1. The van der Waals surface area contributed by atoms with Gasteiger partial charge >= 0.3 is 0 Å². The zero-order chi connectivity index (χ0) is 23.2. The molecule has 0 bridgehead atoms. The fourth-order valence-electron chi connectivity index (χ4n) is 4.72. The van der Waals surface area contributed by atoms with E-state index in [-0.39, 0.29) is 24.1 Å². The van der Waals surface area contributed by atoms with Gasteiger partial charge in [-0.15, -0.1) is 0 Å². The zero-order valence-corrected chi connectivity index (χ0v) is 18.5. The van der Waals surface area contributed by atoms with Crippen molar-refractivity contribution in [3.63, 3.8) is 0 Å². The van der Waals surface area contributed by atoms with Crippen molar-refractivity contribution in [1.29, 1.82) is 0 Å². The number of halogens is 2. The number of aromatic nitrogens is 3. The molecule has 33 heavy (non-hydrogen) atoms. The first kappa shape index (κ1) is 21.6. The van der Waals surface area contributed by atoms with E-state index in [1.165, 1.54) is 6.07 Å². The lowest BCUT2D eigenvalue weighted by Gasteiger charge is -2.29. The number of hydrogen-bond donors (Lipinski definition) is 2. The summed E-state index contributed by atoms with van der Waals surface area (Å²) in [7, 11) is 1.56. The summed E-state index contributed by atoms with van der Waals surface area (Å²) in [5.74, 6) is -2.17. The summed E-state index contributed by atoms with van der Waals surface area (Å²) in [4.78, 5) is 20.0. The Kier molecular flexibility index (Phi) is 5.40. The number of carbonyl (C=O) groups is 1. The smallest absolute Gasteiger partial charge is 0.273 e. The van der Waals surface area contributed by atoms with E-state index in [0.29, 0.717) is 59.9 Å². The number of benzene rings is 1. The molecule has 8 nitrogen and oxygen atoms in total. The highest BCUT2D eigenvalue weighted by Gasteiger charge is 2.40. The Morgan fingerprint density at radius 1 is 1.33 bits per heavy atom. The lowest BCUT2D eigenvalue weighted by atomic mass is 9.97. The molecule has 174 valence electrons. The first-order valence-corrected chi connectivity index (χ1v) is 11.0. The molecule has 1 aliphatic carbocycles. The summed E-state index contributed by atoms with van der Waals surface area (Å²) < 4.78 is 39.5. The van der Waals surface area contributed by atoms with Crippen molar-refractivity contribution in [3.05, 3.63) is 46.8 Å². The van der Waals surface area contributed by atoms with E-state index in [1.54, 1.807) is 32.4 Å². The van der Waals surface area contributed by atoms with E-state index >= 15 is 0 Å². The number of rotatable bonds is 5. The molecule has 1 unspecified atom stereocenters. The van der Waals surface area contributed by atoms with Gasteiger partial charge in [0.15, 0.2) is 17.3 Å². The van der Waals surface area contributed by atoms with Crippen LogP contribution in [0.3, 0.4) is 0 Å². The number of alkyl halides is 2. The van der Waals surface area contributed by atoms with E-state index in [1.807, 2.05) is 4.90 Å². The van der Waals surface area contributed by atoms with Gasteiger partial charge in [-0.2, -0.15) is 5.10 Å². The minimum absolute atomic E-state index is 0.0502. The van der Waals surface area contributed by atoms with Gasteiger partial charge in [0.2, 0.25) is 0 Å². The molecule has 3 heterocycles. The van der Waals surface area contributed by atoms with Gasteiger partial charge in [0.1, 0.15) is 5.52 Å². The largest absolute Gasteiger partial charge is 0.492 e. The predicted molar refractivity (Wildman–Crippen MR) is 118 cm³/mol. The van der Waals surface area contributed by atoms with E-state index < -0.39 is 17.9 Å². The number of methoxy groups -OCH3 is 1. The summed E-state index contributed by atoms with van der Waals surface area (Å²) in [6.07, 6.45) is 1.68. The van der Waals surface area contributed by atoms with Crippen LogP contribution in [0.2, 0.25) is 0 Å². The van der Waals surface area contributed by atoms with Crippen LogP contribution in [0.4, 0.5) is 14.6 Å². The number of H-pyrrole nitrogens is 1. The van der Waals surface area contributed by atoms with Gasteiger partial charge in [-0.1, -0.05) is 18.2 Å². The summed E-state index contributed by atoms with van der Waals surface area (Å²) in [5.41, 5.74) is 1.99. The molecule has 1 saturated heterocycles. The topological polar surface area (TPSA) is 92.4 Å². The van der Waals surface area contributed by atoms with Gasteiger partial charge in [-0.3, -0.25) is 9.89 Å². The molecule has 1 amide bonds. The molecule has 0 radical (unpaired) electrons. The lowest BCUT2D eigenvalue weighted by Crippen LogP contribution is -2.37. The van der Waals surface area contributed by atoms with Gasteiger partial charge in [-0.05, 0) is 24.5 Å². The van der Waals surface area contributed by atoms with Crippen LogP contribution < -0.4 is 15.0 Å². The molecule has 3 aromatic rings. The Balaban J connectivity index is 1.49. The molecule has 2 N–H and O–H groups in total. The van der Waals surface area contributed by atoms with Crippen molar-refractivity contribution in [1.82, 2.24) is 20.5 Å². The van der Waals surface area contributed by atoms with Crippen LogP contribution >= 0.6 is 0 Å². The number of nitrogens with zero attached hydrogens (tertiary/aromatic N) is 3. The van der Waals surface area contributed by atoms with Crippen LogP contribution in [-0.4, -0.2) is 54.5 Å². The SMILES string of the molecule is COc1c(N2CCOCC2)nc(C(=O)NC(C)c2cccc3c2CCC3(F)F)c2[nH]ncc12. The maximum atomic E-state index is 14.2. The number of pyridine rings is 1. The number of hydrogen-bond acceptors (Lipinski definition) is 6. The van der Waals surface area contributed by atoms with Gasteiger partial charge in [0.25, 0.3) is 11.8 Å². The minimum atomic E-state index is -2.83. The summed E-state index contributed by atoms with van der Waals surface area (Å²) in [6.45, 7) is 4.14. The third-order valence-corrected chi connectivity index (χ3v) is 6.38. The summed E-state index contributed by atoms with van der Waals surface area (Å²) in [5, 5.41) is 10.5. The standard InChI is InChI=1S/C23H25F2N5O3/c1-13(14-4-3-5-17-15(14)6-7-23(17,24)25)27-22(31)19-18-16(12-26-29-18)20(32-2)21(28-19)30-8-10-33-11-9-30/h3-5,12-13H,6-11H2,1-2H3,(H,26,29)(H,27,31). The predicted octanol–water partition coefficient (Wildman–Crippen LogP) is 3.33. The van der Waals surface area contributed by atoms with Crippen LogP contribution in [0, 0.1) is 0 Å². The number of amides is 1. The maximum Gasteiger partial charge on any atom is 0.273 e. The number of ether oxygens (including phenoxy) is 2. The number of fused-ring (bicyclic) bond motifs is 2. The third-order valence-electron chi connectivity index (χ3n) is 6.38. The normalized spacial score (nSPS) is 18.2. The van der Waals surface area contributed by atoms with Crippen molar-refractivity contribution >= 4 is 22.6 Å². The number of aromatic amines is 1. The molecule has 10 heteroatoms. The van der Waals surface area contributed by atoms with Gasteiger partial charge in [-0.25, -0.2) is 13.8 Å². The zero-order valence-electron chi connectivity index (χ0n) is 18.5. The number of morpholine rings is 1. The minimum Gasteiger partial charge on any atom is -0.492 e. The van der Waals surface area contributed by atoms with E-state index in [0.717, 1.165) is 0 Å².